The molecule has 1 saturated carbocycles. The number of aliphatic carboxylic acids is 1. The molecule has 1 aromatic rings. The fourth-order valence-corrected chi connectivity index (χ4v) is 2.53. The molecule has 1 aliphatic rings. The van der Waals surface area contributed by atoms with Gasteiger partial charge >= 0.3 is 12.0 Å². The van der Waals surface area contributed by atoms with Gasteiger partial charge in [-0.25, -0.2) is 4.79 Å². The van der Waals surface area contributed by atoms with Crippen molar-refractivity contribution in [3.8, 4) is 0 Å². The molecule has 0 radical (unpaired) electrons. The standard InChI is InChI=1S/C14H19N3O3/c15-11-7-3-4-8-12(11)16-14(20)17(9-13(18)19)10-5-1-2-6-10/h3-4,7-8,10H,1-2,5-6,9,15H2,(H,16,20)(H,18,19). The van der Waals surface area contributed by atoms with Crippen molar-refractivity contribution < 1.29 is 14.7 Å². The molecule has 0 atom stereocenters. The van der Waals surface area contributed by atoms with Crippen LogP contribution in [0.2, 0.25) is 0 Å². The molecule has 2 amide bonds. The van der Waals surface area contributed by atoms with Crippen molar-refractivity contribution in [1.82, 2.24) is 4.90 Å². The normalized spacial score (nSPS) is 15.0. The number of carbonyl (C=O) groups is 2. The predicted octanol–water partition coefficient (Wildman–Crippen LogP) is 2.13. The van der Waals surface area contributed by atoms with Crippen LogP contribution in [0.25, 0.3) is 0 Å². The molecule has 0 bridgehead atoms. The summed E-state index contributed by atoms with van der Waals surface area (Å²) in [7, 11) is 0. The second kappa shape index (κ2) is 6.27. The van der Waals surface area contributed by atoms with E-state index in [9.17, 15) is 9.59 Å². The highest BCUT2D eigenvalue weighted by Gasteiger charge is 2.28. The number of hydrogen-bond donors (Lipinski definition) is 3. The second-order valence-corrected chi connectivity index (χ2v) is 4.98. The Balaban J connectivity index is 2.09. The number of carbonyl (C=O) groups excluding carboxylic acids is 1. The molecule has 0 spiro atoms. The summed E-state index contributed by atoms with van der Waals surface area (Å²) in [5.41, 5.74) is 6.74. The molecule has 0 saturated heterocycles. The zero-order valence-corrected chi connectivity index (χ0v) is 11.2. The number of nitrogens with two attached hydrogens (primary N) is 1. The zero-order valence-electron chi connectivity index (χ0n) is 11.2. The molecule has 0 unspecified atom stereocenters. The Labute approximate surface area is 117 Å². The number of anilines is 2. The highest BCUT2D eigenvalue weighted by molar-refractivity contribution is 5.94. The first-order chi connectivity index (χ1) is 9.58. The Morgan fingerprint density at radius 1 is 1.30 bits per heavy atom. The Morgan fingerprint density at radius 3 is 2.55 bits per heavy atom. The van der Waals surface area contributed by atoms with Crippen molar-refractivity contribution >= 4 is 23.4 Å². The van der Waals surface area contributed by atoms with Gasteiger partial charge in [-0.3, -0.25) is 4.79 Å². The number of carboxylic acids is 1. The van der Waals surface area contributed by atoms with E-state index in [-0.39, 0.29) is 12.6 Å². The summed E-state index contributed by atoms with van der Waals surface area (Å²) >= 11 is 0. The van der Waals surface area contributed by atoms with Crippen molar-refractivity contribution in [1.29, 1.82) is 0 Å². The summed E-state index contributed by atoms with van der Waals surface area (Å²) in [5.74, 6) is -1.01. The summed E-state index contributed by atoms with van der Waals surface area (Å²) in [4.78, 5) is 24.6. The highest BCUT2D eigenvalue weighted by atomic mass is 16.4. The number of nitrogens with zero attached hydrogens (tertiary/aromatic N) is 1. The van der Waals surface area contributed by atoms with E-state index >= 15 is 0 Å². The fraction of sp³-hybridized carbons (Fsp3) is 0.429. The topological polar surface area (TPSA) is 95.7 Å². The second-order valence-electron chi connectivity index (χ2n) is 4.98. The number of benzene rings is 1. The molecule has 1 aliphatic carbocycles. The van der Waals surface area contributed by atoms with Crippen LogP contribution in [0.15, 0.2) is 24.3 Å². The van der Waals surface area contributed by atoms with Crippen LogP contribution in [-0.4, -0.2) is 34.6 Å². The number of para-hydroxylation sites is 2. The Hall–Kier alpha value is -2.24. The minimum atomic E-state index is -1.01. The maximum atomic E-state index is 12.3. The predicted molar refractivity (Wildman–Crippen MR) is 76.5 cm³/mol. The molecule has 0 aliphatic heterocycles. The maximum Gasteiger partial charge on any atom is 0.323 e. The number of hydrogen-bond acceptors (Lipinski definition) is 3. The Kier molecular flexibility index (Phi) is 4.45. The number of rotatable bonds is 4. The van der Waals surface area contributed by atoms with Gasteiger partial charge in [0, 0.05) is 6.04 Å². The Morgan fingerprint density at radius 2 is 1.95 bits per heavy atom. The van der Waals surface area contributed by atoms with Gasteiger partial charge in [0.1, 0.15) is 6.54 Å². The molecular formula is C14H19N3O3. The highest BCUT2D eigenvalue weighted by Crippen LogP contribution is 2.25. The molecular weight excluding hydrogens is 258 g/mol. The monoisotopic (exact) mass is 277 g/mol. The van der Waals surface area contributed by atoms with Crippen LogP contribution in [0.3, 0.4) is 0 Å². The van der Waals surface area contributed by atoms with Crippen LogP contribution in [0.5, 0.6) is 0 Å². The average molecular weight is 277 g/mol. The van der Waals surface area contributed by atoms with Gasteiger partial charge in [-0.15, -0.1) is 0 Å². The van der Waals surface area contributed by atoms with E-state index < -0.39 is 12.0 Å². The third-order valence-electron chi connectivity index (χ3n) is 3.53. The van der Waals surface area contributed by atoms with Gasteiger partial charge in [0.2, 0.25) is 0 Å². The first-order valence-corrected chi connectivity index (χ1v) is 6.72. The number of amides is 2. The molecule has 6 nitrogen and oxygen atoms in total. The van der Waals surface area contributed by atoms with Gasteiger partial charge in [0.15, 0.2) is 0 Å². The molecule has 20 heavy (non-hydrogen) atoms. The average Bonchev–Trinajstić information content (AvgIpc) is 2.92. The molecule has 2 rings (SSSR count). The molecule has 1 aromatic carbocycles. The lowest BCUT2D eigenvalue weighted by atomic mass is 10.2. The molecule has 6 heteroatoms. The minimum Gasteiger partial charge on any atom is -0.480 e. The minimum absolute atomic E-state index is 0.00367. The smallest absolute Gasteiger partial charge is 0.323 e. The maximum absolute atomic E-state index is 12.3. The Bertz CT molecular complexity index is 498. The van der Waals surface area contributed by atoms with Crippen LogP contribution < -0.4 is 11.1 Å². The summed E-state index contributed by atoms with van der Waals surface area (Å²) in [6, 6.07) is 6.52. The quantitative estimate of drug-likeness (QED) is 0.734. The van der Waals surface area contributed by atoms with Crippen LogP contribution >= 0.6 is 0 Å². The van der Waals surface area contributed by atoms with Crippen molar-refractivity contribution in [2.75, 3.05) is 17.6 Å². The lowest BCUT2D eigenvalue weighted by Crippen LogP contribution is -2.44. The van der Waals surface area contributed by atoms with E-state index in [4.69, 9.17) is 10.8 Å². The lowest BCUT2D eigenvalue weighted by molar-refractivity contribution is -0.138. The van der Waals surface area contributed by atoms with Crippen LogP contribution in [0.1, 0.15) is 25.7 Å². The summed E-state index contributed by atoms with van der Waals surface area (Å²) in [6.45, 7) is -0.288. The number of carboxylic acid groups (broad SMARTS) is 1. The molecule has 0 heterocycles. The van der Waals surface area contributed by atoms with E-state index in [1.54, 1.807) is 24.3 Å². The molecule has 4 N–H and O–H groups in total. The van der Waals surface area contributed by atoms with Gasteiger partial charge in [0.05, 0.1) is 11.4 Å². The van der Waals surface area contributed by atoms with Gasteiger partial charge < -0.3 is 21.1 Å². The third kappa shape index (κ3) is 3.40. The van der Waals surface area contributed by atoms with Gasteiger partial charge in [-0.1, -0.05) is 25.0 Å². The van der Waals surface area contributed by atoms with E-state index in [0.717, 1.165) is 25.7 Å². The number of nitrogen functional groups attached to an aromatic ring is 1. The first-order valence-electron chi connectivity index (χ1n) is 6.72. The van der Waals surface area contributed by atoms with E-state index in [0.29, 0.717) is 11.4 Å². The van der Waals surface area contributed by atoms with Gasteiger partial charge in [-0.05, 0) is 25.0 Å². The van der Waals surface area contributed by atoms with Crippen molar-refractivity contribution in [3.63, 3.8) is 0 Å². The first kappa shape index (κ1) is 14.2. The summed E-state index contributed by atoms with van der Waals surface area (Å²) in [5, 5.41) is 11.7. The summed E-state index contributed by atoms with van der Waals surface area (Å²) < 4.78 is 0. The largest absolute Gasteiger partial charge is 0.480 e. The zero-order chi connectivity index (χ0) is 14.5. The molecule has 0 aromatic heterocycles. The van der Waals surface area contributed by atoms with Crippen molar-refractivity contribution in [2.24, 2.45) is 0 Å². The van der Waals surface area contributed by atoms with Gasteiger partial charge in [-0.2, -0.15) is 0 Å². The van der Waals surface area contributed by atoms with Gasteiger partial charge in [0.25, 0.3) is 0 Å². The van der Waals surface area contributed by atoms with Crippen molar-refractivity contribution in [3.05, 3.63) is 24.3 Å². The van der Waals surface area contributed by atoms with E-state index in [2.05, 4.69) is 5.32 Å². The fourth-order valence-electron chi connectivity index (χ4n) is 2.53. The SMILES string of the molecule is Nc1ccccc1NC(=O)N(CC(=O)O)C1CCCC1. The summed E-state index contributed by atoms with van der Waals surface area (Å²) in [6.07, 6.45) is 3.76. The molecule has 1 fully saturated rings. The molecule has 108 valence electrons. The van der Waals surface area contributed by atoms with E-state index in [1.165, 1.54) is 4.90 Å². The number of nitrogens with one attached hydrogen (secondary N) is 1. The third-order valence-corrected chi connectivity index (χ3v) is 3.53. The van der Waals surface area contributed by atoms with Crippen molar-refractivity contribution in [2.45, 2.75) is 31.7 Å². The number of urea groups is 1. The van der Waals surface area contributed by atoms with E-state index in [1.807, 2.05) is 0 Å². The van der Waals surface area contributed by atoms with Crippen LogP contribution in [0, 0.1) is 0 Å². The lowest BCUT2D eigenvalue weighted by Gasteiger charge is -2.27. The van der Waals surface area contributed by atoms with Crippen LogP contribution in [0.4, 0.5) is 16.2 Å². The van der Waals surface area contributed by atoms with Crippen LogP contribution in [-0.2, 0) is 4.79 Å².